The molecule has 1 heterocycles. The van der Waals surface area contributed by atoms with Gasteiger partial charge in [-0.15, -0.1) is 0 Å². The lowest BCUT2D eigenvalue weighted by Crippen LogP contribution is -2.46. The van der Waals surface area contributed by atoms with Crippen molar-refractivity contribution in [3.8, 4) is 0 Å². The first kappa shape index (κ1) is 12.7. The quantitative estimate of drug-likeness (QED) is 0.686. The van der Waals surface area contributed by atoms with Crippen LogP contribution in [-0.2, 0) is 0 Å². The minimum absolute atomic E-state index is 0.102. The van der Waals surface area contributed by atoms with Crippen molar-refractivity contribution in [1.82, 2.24) is 10.2 Å². The summed E-state index contributed by atoms with van der Waals surface area (Å²) in [5.41, 5.74) is -0.270. The fourth-order valence-electron chi connectivity index (χ4n) is 1.51. The van der Waals surface area contributed by atoms with Gasteiger partial charge < -0.3 is 10.2 Å². The van der Waals surface area contributed by atoms with Crippen LogP contribution < -0.4 is 5.32 Å². The molecule has 2 amide bonds. The molecule has 0 aromatic heterocycles. The number of amidine groups is 1. The molecule has 1 aliphatic rings. The van der Waals surface area contributed by atoms with E-state index in [4.69, 9.17) is 0 Å². The van der Waals surface area contributed by atoms with E-state index in [0.29, 0.717) is 0 Å². The SMILES string of the molecule is CC(C)(C)C1=NC(=O)NC=CN1C(C)(C)C. The van der Waals surface area contributed by atoms with Gasteiger partial charge in [-0.1, -0.05) is 20.8 Å². The molecule has 1 rings (SSSR count). The van der Waals surface area contributed by atoms with Gasteiger partial charge in [0, 0.05) is 23.4 Å². The highest BCUT2D eigenvalue weighted by Gasteiger charge is 2.32. The lowest BCUT2D eigenvalue weighted by Gasteiger charge is -2.39. The van der Waals surface area contributed by atoms with Gasteiger partial charge in [-0.05, 0) is 20.8 Å². The van der Waals surface area contributed by atoms with E-state index in [1.807, 2.05) is 11.1 Å². The molecule has 0 radical (unpaired) electrons. The van der Waals surface area contributed by atoms with E-state index >= 15 is 0 Å². The summed E-state index contributed by atoms with van der Waals surface area (Å²) in [6, 6.07) is -0.312. The molecular weight excluding hydrogens is 202 g/mol. The highest BCUT2D eigenvalue weighted by molar-refractivity contribution is 5.98. The van der Waals surface area contributed by atoms with E-state index in [9.17, 15) is 4.79 Å². The van der Waals surface area contributed by atoms with Crippen molar-refractivity contribution >= 4 is 11.9 Å². The molecule has 4 heteroatoms. The molecule has 1 N–H and O–H groups in total. The molecule has 0 aromatic rings. The molecular formula is C12H21N3O. The number of hydrogen-bond donors (Lipinski definition) is 1. The molecule has 90 valence electrons. The highest BCUT2D eigenvalue weighted by atomic mass is 16.2. The van der Waals surface area contributed by atoms with Gasteiger partial charge in [0.2, 0.25) is 0 Å². The normalized spacial score (nSPS) is 18.0. The maximum Gasteiger partial charge on any atom is 0.346 e. The van der Waals surface area contributed by atoms with Gasteiger partial charge in [0.25, 0.3) is 0 Å². The number of nitrogens with one attached hydrogen (secondary N) is 1. The second-order valence-electron chi connectivity index (χ2n) is 5.99. The molecule has 0 spiro atoms. The third kappa shape index (κ3) is 2.84. The van der Waals surface area contributed by atoms with E-state index in [0.717, 1.165) is 5.84 Å². The Labute approximate surface area is 97.4 Å². The van der Waals surface area contributed by atoms with Crippen LogP contribution in [0.5, 0.6) is 0 Å². The Morgan fingerprint density at radius 1 is 1.19 bits per heavy atom. The summed E-state index contributed by atoms with van der Waals surface area (Å²) in [4.78, 5) is 17.6. The van der Waals surface area contributed by atoms with Crippen LogP contribution in [0.25, 0.3) is 0 Å². The van der Waals surface area contributed by atoms with Crippen molar-refractivity contribution in [2.24, 2.45) is 10.4 Å². The zero-order chi connectivity index (χ0) is 12.6. The number of carbonyl (C=O) groups is 1. The monoisotopic (exact) mass is 223 g/mol. The van der Waals surface area contributed by atoms with Gasteiger partial charge in [-0.3, -0.25) is 0 Å². The molecule has 0 aliphatic carbocycles. The average molecular weight is 223 g/mol. The molecule has 0 unspecified atom stereocenters. The summed E-state index contributed by atoms with van der Waals surface area (Å²) in [6.07, 6.45) is 3.50. The predicted octanol–water partition coefficient (Wildman–Crippen LogP) is 2.73. The number of carbonyl (C=O) groups excluding carboxylic acids is 1. The van der Waals surface area contributed by atoms with Gasteiger partial charge in [0.05, 0.1) is 0 Å². The first-order valence-corrected chi connectivity index (χ1v) is 5.48. The van der Waals surface area contributed by atoms with Crippen molar-refractivity contribution in [2.45, 2.75) is 47.1 Å². The van der Waals surface area contributed by atoms with E-state index in [1.54, 1.807) is 6.20 Å². The smallest absolute Gasteiger partial charge is 0.329 e. The van der Waals surface area contributed by atoms with Crippen molar-refractivity contribution < 1.29 is 4.79 Å². The number of aliphatic imine (C=N–C) groups is 1. The van der Waals surface area contributed by atoms with Gasteiger partial charge in [0.15, 0.2) is 0 Å². The summed E-state index contributed by atoms with van der Waals surface area (Å²) in [7, 11) is 0. The number of urea groups is 1. The van der Waals surface area contributed by atoms with Crippen molar-refractivity contribution in [3.05, 3.63) is 12.4 Å². The maximum atomic E-state index is 11.4. The van der Waals surface area contributed by atoms with Gasteiger partial charge in [0.1, 0.15) is 5.84 Å². The number of amides is 2. The van der Waals surface area contributed by atoms with Crippen LogP contribution in [0.1, 0.15) is 41.5 Å². The lowest BCUT2D eigenvalue weighted by molar-refractivity contribution is 0.251. The first-order chi connectivity index (χ1) is 7.12. The van der Waals surface area contributed by atoms with Crippen molar-refractivity contribution in [1.29, 1.82) is 0 Å². The number of rotatable bonds is 0. The van der Waals surface area contributed by atoms with Crippen LogP contribution in [0.2, 0.25) is 0 Å². The van der Waals surface area contributed by atoms with Crippen LogP contribution in [-0.4, -0.2) is 22.3 Å². The summed E-state index contributed by atoms with van der Waals surface area (Å²) in [6.45, 7) is 12.4. The summed E-state index contributed by atoms with van der Waals surface area (Å²) < 4.78 is 0. The highest BCUT2D eigenvalue weighted by Crippen LogP contribution is 2.26. The number of hydrogen-bond acceptors (Lipinski definition) is 2. The topological polar surface area (TPSA) is 44.7 Å². The third-order valence-electron chi connectivity index (χ3n) is 2.26. The molecule has 0 aromatic carbocycles. The van der Waals surface area contributed by atoms with E-state index in [2.05, 4.69) is 51.9 Å². The van der Waals surface area contributed by atoms with Crippen LogP contribution in [0, 0.1) is 5.41 Å². The zero-order valence-electron chi connectivity index (χ0n) is 11.0. The van der Waals surface area contributed by atoms with E-state index in [-0.39, 0.29) is 17.0 Å². The molecule has 0 bridgehead atoms. The Kier molecular flexibility index (Phi) is 3.13. The Morgan fingerprint density at radius 3 is 2.19 bits per heavy atom. The summed E-state index contributed by atoms with van der Waals surface area (Å²) >= 11 is 0. The second-order valence-corrected chi connectivity index (χ2v) is 5.99. The maximum absolute atomic E-state index is 11.4. The molecule has 4 nitrogen and oxygen atoms in total. The van der Waals surface area contributed by atoms with Crippen molar-refractivity contribution in [3.63, 3.8) is 0 Å². The van der Waals surface area contributed by atoms with Crippen LogP contribution >= 0.6 is 0 Å². The summed E-state index contributed by atoms with van der Waals surface area (Å²) in [5.74, 6) is 0.784. The molecule has 1 aliphatic heterocycles. The molecule has 0 saturated carbocycles. The lowest BCUT2D eigenvalue weighted by atomic mass is 9.91. The fraction of sp³-hybridized carbons (Fsp3) is 0.667. The Morgan fingerprint density at radius 2 is 1.75 bits per heavy atom. The number of nitrogens with zero attached hydrogens (tertiary/aromatic N) is 2. The summed E-state index contributed by atoms with van der Waals surface area (Å²) in [5, 5.41) is 2.60. The van der Waals surface area contributed by atoms with Crippen LogP contribution in [0.4, 0.5) is 4.79 Å². The van der Waals surface area contributed by atoms with Crippen LogP contribution in [0.3, 0.4) is 0 Å². The van der Waals surface area contributed by atoms with Gasteiger partial charge >= 0.3 is 6.03 Å². The predicted molar refractivity (Wildman–Crippen MR) is 66.2 cm³/mol. The van der Waals surface area contributed by atoms with Crippen molar-refractivity contribution in [2.75, 3.05) is 0 Å². The van der Waals surface area contributed by atoms with Gasteiger partial charge in [-0.2, -0.15) is 4.99 Å². The van der Waals surface area contributed by atoms with Gasteiger partial charge in [-0.25, -0.2) is 4.79 Å². The van der Waals surface area contributed by atoms with E-state index in [1.165, 1.54) is 0 Å². The minimum atomic E-state index is -0.312. The third-order valence-corrected chi connectivity index (χ3v) is 2.26. The molecule has 0 fully saturated rings. The molecule has 0 atom stereocenters. The molecule has 0 saturated heterocycles. The fourth-order valence-corrected chi connectivity index (χ4v) is 1.51. The Balaban J connectivity index is 3.23. The Hall–Kier alpha value is -1.32. The first-order valence-electron chi connectivity index (χ1n) is 5.48. The second kappa shape index (κ2) is 3.92. The largest absolute Gasteiger partial charge is 0.346 e. The minimum Gasteiger partial charge on any atom is -0.329 e. The standard InChI is InChI=1S/C12H21N3O/c1-11(2,3)9-14-10(16)13-7-8-15(9)12(4,5)6/h7-8H,1-6H3,(H,13,16). The molecule has 16 heavy (non-hydrogen) atoms. The van der Waals surface area contributed by atoms with Crippen LogP contribution in [0.15, 0.2) is 17.4 Å². The zero-order valence-corrected chi connectivity index (χ0v) is 11.0. The average Bonchev–Trinajstić information content (AvgIpc) is 2.23. The van der Waals surface area contributed by atoms with E-state index < -0.39 is 0 Å². The Bertz CT molecular complexity index is 342.